The molecule has 38 heavy (non-hydrogen) atoms. The lowest BCUT2D eigenvalue weighted by Crippen LogP contribution is -2.54. The zero-order valence-corrected chi connectivity index (χ0v) is 23.6. The number of hydrogen-bond acceptors (Lipinski definition) is 6. The summed E-state index contributed by atoms with van der Waals surface area (Å²) in [5.74, 6) is 1.23. The van der Waals surface area contributed by atoms with E-state index in [1.54, 1.807) is 6.07 Å². The van der Waals surface area contributed by atoms with Crippen LogP contribution < -0.4 is 20.3 Å². The molecule has 2 fully saturated rings. The van der Waals surface area contributed by atoms with Crippen LogP contribution in [0.3, 0.4) is 0 Å². The lowest BCUT2D eigenvalue weighted by atomic mass is 9.80. The van der Waals surface area contributed by atoms with Crippen LogP contribution >= 0.6 is 23.4 Å². The smallest absolute Gasteiger partial charge is 0.254 e. The molecule has 1 saturated heterocycles. The number of aromatic nitrogens is 1. The molecule has 1 saturated carbocycles. The topological polar surface area (TPSA) is 83.7 Å². The summed E-state index contributed by atoms with van der Waals surface area (Å²) < 4.78 is 25.4. The van der Waals surface area contributed by atoms with Gasteiger partial charge in [-0.15, -0.1) is 11.8 Å². The summed E-state index contributed by atoms with van der Waals surface area (Å²) in [7, 11) is 0. The molecule has 3 heterocycles. The SMILES string of the molecule is CSc1cc(C)[nH]c(=O)c1CNC(=O)c1cc(Cl)c2c(c1C)O[C@@H](C1CCC(N3CC(CF)C3)CC1)CO2. The van der Waals surface area contributed by atoms with Gasteiger partial charge in [-0.25, -0.2) is 0 Å². The summed E-state index contributed by atoms with van der Waals surface area (Å²) in [5, 5.41) is 3.21. The molecule has 0 spiro atoms. The minimum atomic E-state index is -0.327. The van der Waals surface area contributed by atoms with Gasteiger partial charge < -0.3 is 19.8 Å². The number of halogens is 2. The molecule has 5 rings (SSSR count). The molecule has 0 radical (unpaired) electrons. The van der Waals surface area contributed by atoms with E-state index in [-0.39, 0.29) is 36.7 Å². The van der Waals surface area contributed by atoms with Gasteiger partial charge in [0, 0.05) is 58.9 Å². The summed E-state index contributed by atoms with van der Waals surface area (Å²) in [6, 6.07) is 4.04. The van der Waals surface area contributed by atoms with Crippen molar-refractivity contribution in [2.24, 2.45) is 11.8 Å². The molecule has 0 unspecified atom stereocenters. The lowest BCUT2D eigenvalue weighted by Gasteiger charge is -2.46. The Labute approximate surface area is 231 Å². The quantitative estimate of drug-likeness (QED) is 0.466. The van der Waals surface area contributed by atoms with E-state index in [1.165, 1.54) is 11.8 Å². The van der Waals surface area contributed by atoms with Crippen LogP contribution in [0.4, 0.5) is 4.39 Å². The number of pyridine rings is 1. The van der Waals surface area contributed by atoms with Crippen molar-refractivity contribution in [2.75, 3.05) is 32.6 Å². The largest absolute Gasteiger partial charge is 0.484 e. The average Bonchev–Trinajstić information content (AvgIpc) is 2.89. The van der Waals surface area contributed by atoms with E-state index in [4.69, 9.17) is 21.1 Å². The second-order valence-electron chi connectivity index (χ2n) is 10.7. The fourth-order valence-electron chi connectivity index (χ4n) is 5.94. The van der Waals surface area contributed by atoms with Gasteiger partial charge in [0.1, 0.15) is 12.7 Å². The molecule has 1 amide bonds. The number of ether oxygens (including phenoxy) is 2. The predicted octanol–water partition coefficient (Wildman–Crippen LogP) is 4.90. The number of aryl methyl sites for hydroxylation is 1. The highest BCUT2D eigenvalue weighted by Gasteiger charge is 2.38. The molecule has 3 aliphatic rings. The number of rotatable bonds is 7. The van der Waals surface area contributed by atoms with E-state index >= 15 is 0 Å². The number of thioether (sulfide) groups is 1. The van der Waals surface area contributed by atoms with Crippen molar-refractivity contribution >= 4 is 29.3 Å². The Balaban J connectivity index is 1.26. The Bertz CT molecular complexity index is 1260. The number of alkyl halides is 1. The van der Waals surface area contributed by atoms with Crippen LogP contribution in [0.5, 0.6) is 11.5 Å². The fourth-order valence-corrected chi connectivity index (χ4v) is 6.90. The third-order valence-corrected chi connectivity index (χ3v) is 9.29. The number of amides is 1. The number of nitrogens with one attached hydrogen (secondary N) is 2. The van der Waals surface area contributed by atoms with Gasteiger partial charge in [0.2, 0.25) is 0 Å². The summed E-state index contributed by atoms with van der Waals surface area (Å²) in [6.07, 6.45) is 6.01. The number of benzene rings is 1. The van der Waals surface area contributed by atoms with E-state index in [0.29, 0.717) is 51.8 Å². The number of H-pyrrole nitrogens is 1. The molecular weight excluding hydrogens is 529 g/mol. The minimum Gasteiger partial charge on any atom is -0.484 e. The molecular formula is C28H35ClFN3O4S. The first kappa shape index (κ1) is 27.3. The van der Waals surface area contributed by atoms with Crippen LogP contribution in [0.25, 0.3) is 0 Å². The first-order chi connectivity index (χ1) is 18.3. The summed E-state index contributed by atoms with van der Waals surface area (Å²) in [5.41, 5.74) is 2.16. The third kappa shape index (κ3) is 5.42. The minimum absolute atomic E-state index is 0.102. The van der Waals surface area contributed by atoms with Crippen LogP contribution in [0, 0.1) is 25.7 Å². The van der Waals surface area contributed by atoms with Gasteiger partial charge in [0.25, 0.3) is 11.5 Å². The summed E-state index contributed by atoms with van der Waals surface area (Å²) in [6.45, 7) is 5.73. The number of likely N-dealkylation sites (tertiary alicyclic amines) is 1. The van der Waals surface area contributed by atoms with E-state index in [0.717, 1.165) is 49.4 Å². The van der Waals surface area contributed by atoms with Gasteiger partial charge >= 0.3 is 0 Å². The highest BCUT2D eigenvalue weighted by Crippen LogP contribution is 2.45. The number of carbonyl (C=O) groups is 1. The molecule has 10 heteroatoms. The van der Waals surface area contributed by atoms with Crippen molar-refractivity contribution in [2.45, 2.75) is 63.1 Å². The first-order valence-corrected chi connectivity index (χ1v) is 14.9. The van der Waals surface area contributed by atoms with Gasteiger partial charge in [-0.2, -0.15) is 0 Å². The van der Waals surface area contributed by atoms with E-state index in [2.05, 4.69) is 15.2 Å². The molecule has 1 atom stereocenters. The van der Waals surface area contributed by atoms with Gasteiger partial charge in [0.15, 0.2) is 11.5 Å². The second-order valence-corrected chi connectivity index (χ2v) is 12.0. The van der Waals surface area contributed by atoms with E-state index < -0.39 is 0 Å². The monoisotopic (exact) mass is 563 g/mol. The van der Waals surface area contributed by atoms with Crippen molar-refractivity contribution < 1.29 is 18.7 Å². The fraction of sp³-hybridized carbons (Fsp3) is 0.571. The normalized spacial score (nSPS) is 23.7. The van der Waals surface area contributed by atoms with Crippen LogP contribution in [0.2, 0.25) is 5.02 Å². The lowest BCUT2D eigenvalue weighted by molar-refractivity contribution is -0.01000. The number of aromatic amines is 1. The molecule has 2 N–H and O–H groups in total. The van der Waals surface area contributed by atoms with Gasteiger partial charge in [0.05, 0.1) is 11.7 Å². The Morgan fingerprint density at radius 3 is 2.63 bits per heavy atom. The molecule has 1 aromatic heterocycles. The van der Waals surface area contributed by atoms with Crippen molar-refractivity contribution in [3.8, 4) is 11.5 Å². The maximum absolute atomic E-state index is 13.2. The van der Waals surface area contributed by atoms with Crippen molar-refractivity contribution in [3.05, 3.63) is 49.9 Å². The Morgan fingerprint density at radius 1 is 1.21 bits per heavy atom. The summed E-state index contributed by atoms with van der Waals surface area (Å²) >= 11 is 8.00. The Morgan fingerprint density at radius 2 is 1.95 bits per heavy atom. The van der Waals surface area contributed by atoms with Crippen molar-refractivity contribution in [1.82, 2.24) is 15.2 Å². The standard InChI is InChI=1S/C28H35ClFN3O4S/c1-15-8-24(38-3)21(28(35)32-15)11-31-27(34)20-9-22(29)26-25(16(20)2)37-23(14-36-26)18-4-6-19(7-5-18)33-12-17(10-30)13-33/h8-9,17-19,23H,4-7,10-14H2,1-3H3,(H,31,34)(H,32,35)/t18?,19?,23-/m1/s1. The molecule has 1 aromatic carbocycles. The molecule has 7 nitrogen and oxygen atoms in total. The van der Waals surface area contributed by atoms with Crippen LogP contribution in [0.1, 0.15) is 52.9 Å². The van der Waals surface area contributed by atoms with Gasteiger partial charge in [-0.1, -0.05) is 11.6 Å². The molecule has 206 valence electrons. The second kappa shape index (κ2) is 11.5. The average molecular weight is 564 g/mol. The van der Waals surface area contributed by atoms with Crippen LogP contribution in [-0.2, 0) is 6.54 Å². The number of fused-ring (bicyclic) bond motifs is 1. The molecule has 1 aliphatic carbocycles. The highest BCUT2D eigenvalue weighted by molar-refractivity contribution is 7.98. The maximum atomic E-state index is 13.2. The molecule has 2 aliphatic heterocycles. The number of hydrogen-bond donors (Lipinski definition) is 2. The molecule has 0 bridgehead atoms. The van der Waals surface area contributed by atoms with E-state index in [9.17, 15) is 14.0 Å². The number of nitrogens with zero attached hydrogens (tertiary/aromatic N) is 1. The Hall–Kier alpha value is -2.23. The Kier molecular flexibility index (Phi) is 8.26. The van der Waals surface area contributed by atoms with Gasteiger partial charge in [-0.05, 0) is 63.8 Å². The first-order valence-electron chi connectivity index (χ1n) is 13.3. The number of carbonyl (C=O) groups excluding carboxylic acids is 1. The van der Waals surface area contributed by atoms with E-state index in [1.807, 2.05) is 26.2 Å². The van der Waals surface area contributed by atoms with Crippen LogP contribution in [-0.4, -0.2) is 60.6 Å². The van der Waals surface area contributed by atoms with Crippen molar-refractivity contribution in [3.63, 3.8) is 0 Å². The third-order valence-electron chi connectivity index (χ3n) is 8.21. The van der Waals surface area contributed by atoms with Crippen LogP contribution in [0.15, 0.2) is 21.8 Å². The zero-order chi connectivity index (χ0) is 27.0. The predicted molar refractivity (Wildman–Crippen MR) is 148 cm³/mol. The summed E-state index contributed by atoms with van der Waals surface area (Å²) in [4.78, 5) is 31.7. The highest BCUT2D eigenvalue weighted by atomic mass is 35.5. The van der Waals surface area contributed by atoms with Crippen molar-refractivity contribution in [1.29, 1.82) is 0 Å². The maximum Gasteiger partial charge on any atom is 0.254 e. The van der Waals surface area contributed by atoms with Gasteiger partial charge in [-0.3, -0.25) is 18.9 Å². The zero-order valence-electron chi connectivity index (χ0n) is 22.1. The molecule has 2 aromatic rings.